The summed E-state index contributed by atoms with van der Waals surface area (Å²) in [6.45, 7) is 1.93. The van der Waals surface area contributed by atoms with Crippen molar-refractivity contribution in [3.8, 4) is 23.1 Å². The number of nitrogens with zero attached hydrogens (tertiary/aromatic N) is 5. The lowest BCUT2D eigenvalue weighted by molar-refractivity contribution is -0.124. The molecule has 1 unspecified atom stereocenters. The highest BCUT2D eigenvalue weighted by atomic mass is 16.5. The van der Waals surface area contributed by atoms with Crippen LogP contribution in [0.5, 0.6) is 11.8 Å². The predicted molar refractivity (Wildman–Crippen MR) is 125 cm³/mol. The quantitative estimate of drug-likeness (QED) is 0.526. The normalized spacial score (nSPS) is 19.5. The molecule has 0 N–H and O–H groups in total. The summed E-state index contributed by atoms with van der Waals surface area (Å²) in [6.07, 6.45) is 7.58. The van der Waals surface area contributed by atoms with Crippen LogP contribution in [0.1, 0.15) is 41.9 Å². The van der Waals surface area contributed by atoms with Gasteiger partial charge >= 0.3 is 0 Å². The molecule has 10 nitrogen and oxygen atoms in total. The first-order valence-corrected chi connectivity index (χ1v) is 11.8. The molecule has 0 bridgehead atoms. The summed E-state index contributed by atoms with van der Waals surface area (Å²) in [5.41, 5.74) is 1.10. The van der Waals surface area contributed by atoms with Crippen LogP contribution in [0, 0.1) is 5.92 Å². The van der Waals surface area contributed by atoms with Gasteiger partial charge in [-0.1, -0.05) is 5.16 Å². The fourth-order valence-electron chi connectivity index (χ4n) is 5.00. The molecule has 0 aliphatic carbocycles. The molecular weight excluding hydrogens is 450 g/mol. The van der Waals surface area contributed by atoms with E-state index in [1.54, 1.807) is 24.5 Å². The summed E-state index contributed by atoms with van der Waals surface area (Å²) in [5.74, 6) is 2.21. The maximum Gasteiger partial charge on any atom is 0.259 e. The smallest absolute Gasteiger partial charge is 0.259 e. The molecule has 1 atom stereocenters. The summed E-state index contributed by atoms with van der Waals surface area (Å²) >= 11 is 0. The maximum absolute atomic E-state index is 13.2. The van der Waals surface area contributed by atoms with Gasteiger partial charge in [0.15, 0.2) is 0 Å². The monoisotopic (exact) mass is 479 g/mol. The molecule has 35 heavy (non-hydrogen) atoms. The van der Waals surface area contributed by atoms with Gasteiger partial charge in [-0.2, -0.15) is 9.97 Å². The van der Waals surface area contributed by atoms with Crippen LogP contribution in [0.2, 0.25) is 0 Å². The zero-order chi connectivity index (χ0) is 24.3. The van der Waals surface area contributed by atoms with Gasteiger partial charge < -0.3 is 23.6 Å². The highest BCUT2D eigenvalue weighted by molar-refractivity contribution is 5.96. The molecular formula is C25H29N5O5. The number of aromatic nitrogens is 4. The van der Waals surface area contributed by atoms with Gasteiger partial charge in [-0.3, -0.25) is 9.78 Å². The number of likely N-dealkylation sites (tertiary alicyclic amines) is 1. The van der Waals surface area contributed by atoms with Crippen LogP contribution in [-0.4, -0.2) is 70.4 Å². The van der Waals surface area contributed by atoms with E-state index >= 15 is 0 Å². The number of amides is 1. The second kappa shape index (κ2) is 9.99. The van der Waals surface area contributed by atoms with E-state index in [-0.39, 0.29) is 17.4 Å². The SMILES string of the molecule is COc1ccc(C(=O)N2CCC3(CC2)CC(Cc2nc(-c4ccncc4)no2)CCO3)c(OC)n1. The Labute approximate surface area is 203 Å². The largest absolute Gasteiger partial charge is 0.481 e. The third-order valence-electron chi connectivity index (χ3n) is 6.89. The van der Waals surface area contributed by atoms with E-state index in [0.717, 1.165) is 37.7 Å². The Morgan fingerprint density at radius 2 is 1.91 bits per heavy atom. The Morgan fingerprint density at radius 1 is 1.11 bits per heavy atom. The number of carbonyl (C=O) groups excluding carboxylic acids is 1. The van der Waals surface area contributed by atoms with Crippen molar-refractivity contribution in [2.45, 2.75) is 37.7 Å². The van der Waals surface area contributed by atoms with Gasteiger partial charge in [-0.05, 0) is 49.8 Å². The lowest BCUT2D eigenvalue weighted by atomic mass is 9.78. The van der Waals surface area contributed by atoms with Crippen LogP contribution >= 0.6 is 0 Å². The van der Waals surface area contributed by atoms with Gasteiger partial charge in [-0.15, -0.1) is 0 Å². The lowest BCUT2D eigenvalue weighted by Gasteiger charge is -2.46. The lowest BCUT2D eigenvalue weighted by Crippen LogP contribution is -2.51. The standard InChI is InChI=1S/C25H29N5O5/c1-32-20-4-3-19(23(28-20)33-2)24(31)30-12-8-25(9-13-30)16-17(7-14-34-25)15-21-27-22(29-35-21)18-5-10-26-11-6-18/h3-6,10-11,17H,7-9,12-16H2,1-2H3. The molecule has 3 aromatic rings. The molecule has 2 saturated heterocycles. The van der Waals surface area contributed by atoms with E-state index in [1.165, 1.54) is 14.2 Å². The highest BCUT2D eigenvalue weighted by Gasteiger charge is 2.42. The highest BCUT2D eigenvalue weighted by Crippen LogP contribution is 2.39. The van der Waals surface area contributed by atoms with Gasteiger partial charge in [0.25, 0.3) is 5.91 Å². The molecule has 184 valence electrons. The van der Waals surface area contributed by atoms with Gasteiger partial charge in [0.1, 0.15) is 5.56 Å². The summed E-state index contributed by atoms with van der Waals surface area (Å²) in [5, 5.41) is 4.13. The van der Waals surface area contributed by atoms with Crippen molar-refractivity contribution >= 4 is 5.91 Å². The first kappa shape index (κ1) is 23.2. The van der Waals surface area contributed by atoms with Crippen molar-refractivity contribution in [3.63, 3.8) is 0 Å². The minimum atomic E-state index is -0.226. The zero-order valence-corrected chi connectivity index (χ0v) is 20.0. The molecule has 0 radical (unpaired) electrons. The number of piperidine rings is 1. The molecule has 5 heterocycles. The maximum atomic E-state index is 13.2. The number of rotatable bonds is 6. The summed E-state index contributed by atoms with van der Waals surface area (Å²) in [4.78, 5) is 27.9. The molecule has 3 aromatic heterocycles. The van der Waals surface area contributed by atoms with Gasteiger partial charge in [-0.25, -0.2) is 0 Å². The minimum absolute atomic E-state index is 0.0892. The van der Waals surface area contributed by atoms with Crippen LogP contribution in [0.25, 0.3) is 11.4 Å². The zero-order valence-electron chi connectivity index (χ0n) is 20.0. The van der Waals surface area contributed by atoms with Gasteiger partial charge in [0.05, 0.1) is 19.8 Å². The summed E-state index contributed by atoms with van der Waals surface area (Å²) in [7, 11) is 3.03. The third kappa shape index (κ3) is 4.97. The molecule has 2 aliphatic heterocycles. The average Bonchev–Trinajstić information content (AvgIpc) is 3.37. The van der Waals surface area contributed by atoms with Crippen molar-refractivity contribution in [3.05, 3.63) is 48.1 Å². The number of hydrogen-bond donors (Lipinski definition) is 0. The molecule has 1 amide bonds. The van der Waals surface area contributed by atoms with Crippen molar-refractivity contribution < 1.29 is 23.5 Å². The van der Waals surface area contributed by atoms with E-state index in [4.69, 9.17) is 18.7 Å². The van der Waals surface area contributed by atoms with Crippen LogP contribution in [0.4, 0.5) is 0 Å². The van der Waals surface area contributed by atoms with E-state index in [1.807, 2.05) is 17.0 Å². The molecule has 0 aromatic carbocycles. The summed E-state index contributed by atoms with van der Waals surface area (Å²) < 4.78 is 22.3. The Morgan fingerprint density at radius 3 is 2.66 bits per heavy atom. The van der Waals surface area contributed by atoms with Crippen molar-refractivity contribution in [1.82, 2.24) is 25.0 Å². The number of hydrogen-bond acceptors (Lipinski definition) is 9. The first-order valence-electron chi connectivity index (χ1n) is 11.8. The van der Waals surface area contributed by atoms with Crippen LogP contribution in [0.15, 0.2) is 41.2 Å². The second-order valence-corrected chi connectivity index (χ2v) is 9.04. The van der Waals surface area contributed by atoms with Crippen molar-refractivity contribution in [1.29, 1.82) is 0 Å². The van der Waals surface area contributed by atoms with Crippen LogP contribution in [0.3, 0.4) is 0 Å². The number of methoxy groups -OCH3 is 2. The topological polar surface area (TPSA) is 113 Å². The number of carbonyl (C=O) groups is 1. The molecule has 2 aliphatic rings. The minimum Gasteiger partial charge on any atom is -0.481 e. The molecule has 0 saturated carbocycles. The third-order valence-corrected chi connectivity index (χ3v) is 6.89. The van der Waals surface area contributed by atoms with E-state index in [0.29, 0.717) is 48.8 Å². The molecule has 5 rings (SSSR count). The Bertz CT molecular complexity index is 1160. The fourth-order valence-corrected chi connectivity index (χ4v) is 5.00. The molecule has 2 fully saturated rings. The van der Waals surface area contributed by atoms with E-state index in [9.17, 15) is 4.79 Å². The molecule has 10 heteroatoms. The van der Waals surface area contributed by atoms with Crippen LogP contribution < -0.4 is 9.47 Å². The fraction of sp³-hybridized carbons (Fsp3) is 0.480. The average molecular weight is 480 g/mol. The van der Waals surface area contributed by atoms with E-state index < -0.39 is 0 Å². The molecule has 1 spiro atoms. The number of pyridine rings is 2. The van der Waals surface area contributed by atoms with Crippen molar-refractivity contribution in [2.24, 2.45) is 5.92 Å². The van der Waals surface area contributed by atoms with Crippen molar-refractivity contribution in [2.75, 3.05) is 33.9 Å². The first-order chi connectivity index (χ1) is 17.1. The Hall–Kier alpha value is -3.53. The van der Waals surface area contributed by atoms with Gasteiger partial charge in [0.2, 0.25) is 23.5 Å². The number of ether oxygens (including phenoxy) is 3. The van der Waals surface area contributed by atoms with Gasteiger partial charge in [0, 0.05) is 50.1 Å². The summed E-state index contributed by atoms with van der Waals surface area (Å²) in [6, 6.07) is 7.11. The predicted octanol–water partition coefficient (Wildman–Crippen LogP) is 3.19. The van der Waals surface area contributed by atoms with E-state index in [2.05, 4.69) is 20.1 Å². The Kier molecular flexibility index (Phi) is 6.63. The van der Waals surface area contributed by atoms with Crippen LogP contribution in [-0.2, 0) is 11.2 Å². The Balaban J connectivity index is 1.20. The second-order valence-electron chi connectivity index (χ2n) is 9.04.